The molecule has 0 aliphatic carbocycles. The maximum absolute atomic E-state index is 12.3. The number of hydrogen-bond acceptors (Lipinski definition) is 7. The van der Waals surface area contributed by atoms with E-state index in [2.05, 4.69) is 20.2 Å². The third-order valence-corrected chi connectivity index (χ3v) is 5.05. The fourth-order valence-corrected chi connectivity index (χ4v) is 3.19. The van der Waals surface area contributed by atoms with Crippen LogP contribution >= 0.6 is 11.6 Å². The van der Waals surface area contributed by atoms with Gasteiger partial charge in [-0.15, -0.1) is 5.10 Å². The van der Waals surface area contributed by atoms with Crippen LogP contribution in [0.5, 0.6) is 0 Å². The van der Waals surface area contributed by atoms with Crippen molar-refractivity contribution in [2.24, 2.45) is 0 Å². The Bertz CT molecular complexity index is 1030. The zero-order valence-electron chi connectivity index (χ0n) is 13.0. The minimum absolute atomic E-state index is 0.103. The van der Waals surface area contributed by atoms with Crippen LogP contribution < -0.4 is 4.72 Å². The maximum atomic E-state index is 12.3. The van der Waals surface area contributed by atoms with E-state index in [4.69, 9.17) is 11.6 Å². The summed E-state index contributed by atoms with van der Waals surface area (Å²) in [7, 11) is -3.89. The predicted octanol–water partition coefficient (Wildman–Crippen LogP) is 1.70. The molecule has 1 heterocycles. The summed E-state index contributed by atoms with van der Waals surface area (Å²) in [6.07, 6.45) is 0. The van der Waals surface area contributed by atoms with Crippen LogP contribution in [0.2, 0.25) is 5.02 Å². The molecule has 0 aliphatic heterocycles. The standard InChI is InChI=1S/C14H11ClN6O4S/c15-10-1-3-11(4-2-10)20-14(17-18-19-20)9-16-26(24,25)13-7-5-12(6-8-13)21(22)23/h1-8,16H,9H2. The molecule has 12 heteroatoms. The zero-order valence-corrected chi connectivity index (χ0v) is 14.6. The molecule has 3 rings (SSSR count). The van der Waals surface area contributed by atoms with Gasteiger partial charge in [0, 0.05) is 17.2 Å². The number of sulfonamides is 1. The minimum Gasteiger partial charge on any atom is -0.258 e. The van der Waals surface area contributed by atoms with E-state index in [0.717, 1.165) is 24.3 Å². The molecule has 0 radical (unpaired) electrons. The third kappa shape index (κ3) is 3.85. The lowest BCUT2D eigenvalue weighted by Crippen LogP contribution is -2.25. The predicted molar refractivity (Wildman–Crippen MR) is 91.3 cm³/mol. The zero-order chi connectivity index (χ0) is 18.7. The number of nitro benzene ring substituents is 1. The largest absolute Gasteiger partial charge is 0.269 e. The topological polar surface area (TPSA) is 133 Å². The van der Waals surface area contributed by atoms with Crippen molar-refractivity contribution in [2.45, 2.75) is 11.4 Å². The molecule has 0 bridgehead atoms. The number of benzene rings is 2. The lowest BCUT2D eigenvalue weighted by atomic mass is 10.3. The Morgan fingerprint density at radius 2 is 1.77 bits per heavy atom. The highest BCUT2D eigenvalue weighted by molar-refractivity contribution is 7.89. The Labute approximate surface area is 152 Å². The molecule has 26 heavy (non-hydrogen) atoms. The Kier molecular flexibility index (Phi) is 4.93. The molecule has 0 amide bonds. The van der Waals surface area contributed by atoms with Gasteiger partial charge in [0.2, 0.25) is 10.0 Å². The number of nitrogens with one attached hydrogen (secondary N) is 1. The summed E-state index contributed by atoms with van der Waals surface area (Å²) in [4.78, 5) is 9.93. The van der Waals surface area contributed by atoms with E-state index in [1.54, 1.807) is 24.3 Å². The highest BCUT2D eigenvalue weighted by atomic mass is 35.5. The molecule has 0 saturated heterocycles. The Balaban J connectivity index is 1.77. The van der Waals surface area contributed by atoms with Crippen LogP contribution in [-0.2, 0) is 16.6 Å². The van der Waals surface area contributed by atoms with Gasteiger partial charge >= 0.3 is 0 Å². The third-order valence-electron chi connectivity index (χ3n) is 3.38. The summed E-state index contributed by atoms with van der Waals surface area (Å²) >= 11 is 5.84. The first-order valence-electron chi connectivity index (χ1n) is 7.14. The van der Waals surface area contributed by atoms with E-state index in [1.165, 1.54) is 4.68 Å². The summed E-state index contributed by atoms with van der Waals surface area (Å²) in [5.74, 6) is 0.262. The van der Waals surface area contributed by atoms with Crippen molar-refractivity contribution < 1.29 is 13.3 Å². The van der Waals surface area contributed by atoms with Gasteiger partial charge in [-0.05, 0) is 46.8 Å². The van der Waals surface area contributed by atoms with Crippen molar-refractivity contribution in [1.82, 2.24) is 24.9 Å². The normalized spacial score (nSPS) is 11.4. The second kappa shape index (κ2) is 7.15. The Hall–Kier alpha value is -2.89. The average molecular weight is 395 g/mol. The summed E-state index contributed by atoms with van der Waals surface area (Å²) in [6, 6.07) is 11.2. The molecule has 1 aromatic heterocycles. The number of tetrazole rings is 1. The SMILES string of the molecule is O=[N+]([O-])c1ccc(S(=O)(=O)NCc2nnnn2-c2ccc(Cl)cc2)cc1. The number of non-ortho nitro benzene ring substituents is 1. The first-order valence-corrected chi connectivity index (χ1v) is 9.00. The van der Waals surface area contributed by atoms with E-state index in [-0.39, 0.29) is 23.0 Å². The molecule has 0 spiro atoms. The smallest absolute Gasteiger partial charge is 0.258 e. The van der Waals surface area contributed by atoms with Gasteiger partial charge < -0.3 is 0 Å². The van der Waals surface area contributed by atoms with Crippen LogP contribution in [0.3, 0.4) is 0 Å². The fourth-order valence-electron chi connectivity index (χ4n) is 2.09. The van der Waals surface area contributed by atoms with Gasteiger partial charge in [0.15, 0.2) is 5.82 Å². The molecular formula is C14H11ClN6O4S. The second-order valence-electron chi connectivity index (χ2n) is 5.06. The average Bonchev–Trinajstić information content (AvgIpc) is 3.09. The Morgan fingerprint density at radius 3 is 2.38 bits per heavy atom. The van der Waals surface area contributed by atoms with Gasteiger partial charge in [0.25, 0.3) is 5.69 Å². The van der Waals surface area contributed by atoms with Gasteiger partial charge in [-0.25, -0.2) is 13.1 Å². The molecule has 0 atom stereocenters. The summed E-state index contributed by atoms with van der Waals surface area (Å²) in [6.45, 7) is -0.172. The van der Waals surface area contributed by atoms with Gasteiger partial charge in [-0.3, -0.25) is 10.1 Å². The van der Waals surface area contributed by atoms with E-state index in [9.17, 15) is 18.5 Å². The lowest BCUT2D eigenvalue weighted by Gasteiger charge is -2.07. The molecule has 134 valence electrons. The van der Waals surface area contributed by atoms with E-state index < -0.39 is 14.9 Å². The minimum atomic E-state index is -3.89. The molecule has 0 aliphatic rings. The monoisotopic (exact) mass is 394 g/mol. The quantitative estimate of drug-likeness (QED) is 0.496. The van der Waals surface area contributed by atoms with Crippen LogP contribution in [0.15, 0.2) is 53.4 Å². The van der Waals surface area contributed by atoms with Crippen molar-refractivity contribution in [2.75, 3.05) is 0 Å². The van der Waals surface area contributed by atoms with Gasteiger partial charge in [0.1, 0.15) is 0 Å². The van der Waals surface area contributed by atoms with Crippen LogP contribution in [0.25, 0.3) is 5.69 Å². The van der Waals surface area contributed by atoms with E-state index in [0.29, 0.717) is 10.7 Å². The number of aromatic nitrogens is 4. The van der Waals surface area contributed by atoms with Crippen LogP contribution in [0.4, 0.5) is 5.69 Å². The highest BCUT2D eigenvalue weighted by Crippen LogP contribution is 2.17. The number of nitrogens with zero attached hydrogens (tertiary/aromatic N) is 5. The number of hydrogen-bond donors (Lipinski definition) is 1. The molecular weight excluding hydrogens is 384 g/mol. The molecule has 1 N–H and O–H groups in total. The highest BCUT2D eigenvalue weighted by Gasteiger charge is 2.18. The number of nitro groups is 1. The second-order valence-corrected chi connectivity index (χ2v) is 7.26. The van der Waals surface area contributed by atoms with Crippen LogP contribution in [0, 0.1) is 10.1 Å². The van der Waals surface area contributed by atoms with Crippen LogP contribution in [-0.4, -0.2) is 33.5 Å². The molecule has 2 aromatic carbocycles. The first kappa shape index (κ1) is 17.9. The maximum Gasteiger partial charge on any atom is 0.269 e. The molecule has 10 nitrogen and oxygen atoms in total. The molecule has 0 fully saturated rings. The van der Waals surface area contributed by atoms with Gasteiger partial charge in [-0.1, -0.05) is 11.6 Å². The van der Waals surface area contributed by atoms with Gasteiger partial charge in [0.05, 0.1) is 22.1 Å². The number of rotatable bonds is 6. The van der Waals surface area contributed by atoms with Crippen molar-refractivity contribution in [3.05, 3.63) is 69.5 Å². The summed E-state index contributed by atoms with van der Waals surface area (Å²) < 4.78 is 28.4. The lowest BCUT2D eigenvalue weighted by molar-refractivity contribution is -0.384. The van der Waals surface area contributed by atoms with Crippen molar-refractivity contribution >= 4 is 27.3 Å². The molecule has 3 aromatic rings. The van der Waals surface area contributed by atoms with Crippen LogP contribution in [0.1, 0.15) is 5.82 Å². The van der Waals surface area contributed by atoms with E-state index in [1.807, 2.05) is 0 Å². The summed E-state index contributed by atoms with van der Waals surface area (Å²) in [5, 5.41) is 22.4. The first-order chi connectivity index (χ1) is 12.4. The van der Waals surface area contributed by atoms with Crippen molar-refractivity contribution in [3.63, 3.8) is 0 Å². The molecule has 0 saturated carbocycles. The Morgan fingerprint density at radius 1 is 1.12 bits per heavy atom. The van der Waals surface area contributed by atoms with Crippen molar-refractivity contribution in [3.8, 4) is 5.69 Å². The van der Waals surface area contributed by atoms with Crippen molar-refractivity contribution in [1.29, 1.82) is 0 Å². The summed E-state index contributed by atoms with van der Waals surface area (Å²) in [5.41, 5.74) is 0.416. The fraction of sp³-hybridized carbons (Fsp3) is 0.0714. The number of halogens is 1. The van der Waals surface area contributed by atoms with Gasteiger partial charge in [-0.2, -0.15) is 4.68 Å². The molecule has 0 unspecified atom stereocenters. The van der Waals surface area contributed by atoms with E-state index >= 15 is 0 Å².